The molecule has 0 radical (unpaired) electrons. The molecule has 6 aromatic rings. The fourth-order valence-electron chi connectivity index (χ4n) is 7.26. The minimum absolute atomic E-state index is 0.0701. The molecule has 2 N–H and O–H groups in total. The lowest BCUT2D eigenvalue weighted by Crippen LogP contribution is -2.20. The summed E-state index contributed by atoms with van der Waals surface area (Å²) in [5, 5.41) is 8.90. The minimum Gasteiger partial charge on any atom is -0.490 e. The number of ether oxygens (including phenoxy) is 4. The number of thioether (sulfide) groups is 2. The number of methoxy groups -OCH3 is 2. The molecule has 10 rings (SSSR count). The zero-order valence-corrected chi connectivity index (χ0v) is 37.6. The van der Waals surface area contributed by atoms with Gasteiger partial charge in [-0.25, -0.2) is 0 Å². The molecule has 13 nitrogen and oxygen atoms in total. The Hall–Kier alpha value is -6.39. The third kappa shape index (κ3) is 12.2. The van der Waals surface area contributed by atoms with Crippen LogP contribution in [0.3, 0.4) is 0 Å². The molecule has 2 aromatic heterocycles. The number of carbonyl (C=O) groups excluding carboxylic acids is 3. The molecule has 4 heterocycles. The predicted molar refractivity (Wildman–Crippen MR) is 258 cm³/mol. The van der Waals surface area contributed by atoms with Crippen molar-refractivity contribution in [2.75, 3.05) is 46.4 Å². The van der Waals surface area contributed by atoms with Crippen LogP contribution in [0.5, 0.6) is 11.5 Å². The van der Waals surface area contributed by atoms with E-state index in [9.17, 15) is 14.4 Å². The molecule has 0 unspecified atom stereocenters. The Kier molecular flexibility index (Phi) is 15.3. The Morgan fingerprint density at radius 1 is 0.662 bits per heavy atom. The number of aldehydes is 1. The summed E-state index contributed by atoms with van der Waals surface area (Å²) >= 11 is 2.90. The maximum absolute atomic E-state index is 12.5. The van der Waals surface area contributed by atoms with Crippen molar-refractivity contribution in [1.29, 1.82) is 0 Å². The van der Waals surface area contributed by atoms with Crippen LogP contribution >= 0.6 is 23.5 Å². The molecule has 4 aliphatic rings. The van der Waals surface area contributed by atoms with Crippen LogP contribution in [-0.4, -0.2) is 96.9 Å². The van der Waals surface area contributed by atoms with E-state index in [1.165, 1.54) is 34.7 Å². The lowest BCUT2D eigenvalue weighted by Gasteiger charge is -2.09. The molecule has 2 amide bonds. The highest BCUT2D eigenvalue weighted by atomic mass is 32.2. The maximum atomic E-state index is 12.5. The van der Waals surface area contributed by atoms with Gasteiger partial charge in [-0.2, -0.15) is 0 Å². The quantitative estimate of drug-likeness (QED) is 0.0616. The van der Waals surface area contributed by atoms with Crippen LogP contribution in [0.4, 0.5) is 0 Å². The summed E-state index contributed by atoms with van der Waals surface area (Å²) in [6.45, 7) is 1.97. The molecule has 0 bridgehead atoms. The number of amides is 2. The largest absolute Gasteiger partial charge is 0.490 e. The van der Waals surface area contributed by atoms with Gasteiger partial charge in [0.1, 0.15) is 31.0 Å². The summed E-state index contributed by atoms with van der Waals surface area (Å²) in [7, 11) is 3.27. The molecular formula is C50H48N6O7S2. The first-order valence-electron chi connectivity index (χ1n) is 21.2. The highest BCUT2D eigenvalue weighted by Gasteiger charge is 2.40. The van der Waals surface area contributed by atoms with Gasteiger partial charge in [-0.05, 0) is 89.8 Å². The van der Waals surface area contributed by atoms with Crippen LogP contribution in [-0.2, 0) is 19.1 Å². The van der Waals surface area contributed by atoms with Crippen LogP contribution in [0.15, 0.2) is 136 Å². The molecule has 2 aliphatic heterocycles. The highest BCUT2D eigenvalue weighted by Crippen LogP contribution is 2.45. The van der Waals surface area contributed by atoms with Gasteiger partial charge >= 0.3 is 0 Å². The fourth-order valence-corrected chi connectivity index (χ4v) is 8.88. The Labute approximate surface area is 385 Å². The third-order valence-electron chi connectivity index (χ3n) is 10.7. The second kappa shape index (κ2) is 22.0. The van der Waals surface area contributed by atoms with Crippen LogP contribution in [0.1, 0.15) is 51.7 Å². The number of hydrogen-bond donors (Lipinski definition) is 2. The number of hydrogen-bond acceptors (Lipinski definition) is 13. The zero-order valence-electron chi connectivity index (χ0n) is 35.9. The van der Waals surface area contributed by atoms with E-state index in [2.05, 4.69) is 74.1 Å². The molecule has 65 heavy (non-hydrogen) atoms. The van der Waals surface area contributed by atoms with Crippen LogP contribution in [0, 0.1) is 0 Å². The predicted octanol–water partition coefficient (Wildman–Crippen LogP) is 8.21. The van der Waals surface area contributed by atoms with E-state index in [1.54, 1.807) is 44.8 Å². The average Bonchev–Trinajstić information content (AvgIpc) is 4.22. The van der Waals surface area contributed by atoms with Crippen molar-refractivity contribution in [3.8, 4) is 11.5 Å². The fraction of sp³-hybridized carbons (Fsp3) is 0.260. The first-order valence-corrected chi connectivity index (χ1v) is 23.0. The molecular weight excluding hydrogens is 861 g/mol. The molecule has 2 aliphatic carbocycles. The molecule has 4 aromatic carbocycles. The zero-order chi connectivity index (χ0) is 45.0. The van der Waals surface area contributed by atoms with E-state index in [0.29, 0.717) is 65.7 Å². The number of nitrogens with one attached hydrogen (secondary N) is 2. The van der Waals surface area contributed by atoms with Crippen molar-refractivity contribution in [2.24, 2.45) is 9.98 Å². The molecule has 4 atom stereocenters. The Morgan fingerprint density at radius 2 is 1.20 bits per heavy atom. The number of rotatable bonds is 14. The van der Waals surface area contributed by atoms with E-state index >= 15 is 0 Å². The standard InChI is InChI=1S/C25H23N3O3S.C13H13NO3.C12H12N2OS/c1-30-11-12-31-22-9-10-26-20-8-7-16(13-19(20)22)14-23-24(29)28-25(32-23)27-21-15-18(21)17-5-3-2-4-6-17;1-16-6-7-17-13-4-5-14-12-3-2-10(9-15)8-11(12)13;15-11-7-16-12(14-11)13-10-6-9(10)8-4-2-1-3-5-8/h2-10,13-14,18,21H,11-12,15H2,1H3,(H,27,28,29);2-5,8-9H,6-7H2,1H3;1-5,9-10H,6-7H2,(H,13,14,15)/b23-14-;;/t18-,21+;;9-,10+/m1.1/s1. The van der Waals surface area contributed by atoms with E-state index in [1.807, 2.05) is 48.5 Å². The minimum atomic E-state index is -0.117. The molecule has 0 spiro atoms. The Bertz CT molecular complexity index is 2740. The van der Waals surface area contributed by atoms with Crippen molar-refractivity contribution in [1.82, 2.24) is 20.6 Å². The van der Waals surface area contributed by atoms with Crippen molar-refractivity contribution >= 4 is 79.8 Å². The van der Waals surface area contributed by atoms with E-state index in [-0.39, 0.29) is 17.9 Å². The van der Waals surface area contributed by atoms with E-state index in [4.69, 9.17) is 23.9 Å². The average molecular weight is 909 g/mol. The van der Waals surface area contributed by atoms with Gasteiger partial charge in [0.2, 0.25) is 5.91 Å². The molecule has 15 heteroatoms. The number of benzene rings is 4. The topological polar surface area (TPSA) is 163 Å². The van der Waals surface area contributed by atoms with Crippen LogP contribution in [0.2, 0.25) is 0 Å². The Balaban J connectivity index is 0.000000147. The molecule has 4 fully saturated rings. The summed E-state index contributed by atoms with van der Waals surface area (Å²) in [4.78, 5) is 52.8. The summed E-state index contributed by atoms with van der Waals surface area (Å²) < 4.78 is 21.4. The molecule has 2 saturated heterocycles. The number of fused-ring (bicyclic) bond motifs is 2. The Morgan fingerprint density at radius 3 is 1.72 bits per heavy atom. The normalized spacial score (nSPS) is 21.3. The van der Waals surface area contributed by atoms with Crippen molar-refractivity contribution < 1.29 is 33.3 Å². The second-order valence-corrected chi connectivity index (χ2v) is 17.4. The van der Waals surface area contributed by atoms with Gasteiger partial charge in [-0.3, -0.25) is 34.3 Å². The number of amidine groups is 2. The molecule has 2 saturated carbocycles. The summed E-state index contributed by atoms with van der Waals surface area (Å²) in [5.41, 5.74) is 5.84. The summed E-state index contributed by atoms with van der Waals surface area (Å²) in [6, 6.07) is 36.3. The molecule has 332 valence electrons. The van der Waals surface area contributed by atoms with Crippen molar-refractivity contribution in [2.45, 2.75) is 36.8 Å². The van der Waals surface area contributed by atoms with Crippen LogP contribution in [0.25, 0.3) is 27.9 Å². The monoisotopic (exact) mass is 908 g/mol. The SMILES string of the molecule is COCCOc1ccnc2ccc(/C=C3\SC(=N[C@H]4C[C@@H]4c4ccccc4)NC3=O)cc12.COCCOc1ccnc2ccc(C=O)cc12.O=C1CSC(=N[C@H]2C[C@@H]2c2ccccc2)N1. The van der Waals surface area contributed by atoms with Crippen molar-refractivity contribution in [3.05, 3.63) is 149 Å². The third-order valence-corrected chi connectivity index (χ3v) is 12.6. The van der Waals surface area contributed by atoms with Gasteiger partial charge in [0.15, 0.2) is 10.3 Å². The first kappa shape index (κ1) is 45.2. The number of aliphatic imine (C=N–C) groups is 2. The van der Waals surface area contributed by atoms with Crippen LogP contribution < -0.4 is 20.1 Å². The van der Waals surface area contributed by atoms with Gasteiger partial charge in [-0.15, -0.1) is 0 Å². The second-order valence-electron chi connectivity index (χ2n) is 15.4. The smallest absolute Gasteiger partial charge is 0.264 e. The number of pyridine rings is 2. The van der Waals surface area contributed by atoms with Gasteiger partial charge < -0.3 is 29.6 Å². The van der Waals surface area contributed by atoms with E-state index < -0.39 is 0 Å². The van der Waals surface area contributed by atoms with Gasteiger partial charge in [0.25, 0.3) is 5.91 Å². The van der Waals surface area contributed by atoms with Gasteiger partial charge in [0, 0.05) is 54.8 Å². The first-order chi connectivity index (χ1) is 31.9. The summed E-state index contributed by atoms with van der Waals surface area (Å²) in [5.74, 6) is 2.93. The lowest BCUT2D eigenvalue weighted by atomic mass is 10.1. The maximum Gasteiger partial charge on any atom is 0.264 e. The number of aromatic nitrogens is 2. The van der Waals surface area contributed by atoms with Gasteiger partial charge in [0.05, 0.1) is 47.0 Å². The summed E-state index contributed by atoms with van der Waals surface area (Å²) in [6.07, 6.45) is 8.23. The number of nitrogens with zero attached hydrogens (tertiary/aromatic N) is 4. The van der Waals surface area contributed by atoms with E-state index in [0.717, 1.165) is 63.2 Å². The van der Waals surface area contributed by atoms with Gasteiger partial charge in [-0.1, -0.05) is 78.5 Å². The van der Waals surface area contributed by atoms with Crippen molar-refractivity contribution in [3.63, 3.8) is 0 Å². The number of carbonyl (C=O) groups is 3. The lowest BCUT2D eigenvalue weighted by molar-refractivity contribution is -0.117. The highest BCUT2D eigenvalue weighted by molar-refractivity contribution is 8.18.